The van der Waals surface area contributed by atoms with Gasteiger partial charge in [0.1, 0.15) is 0 Å². The zero-order valence-electron chi connectivity index (χ0n) is 20.7. The minimum absolute atomic E-state index is 0.270. The number of aryl methyl sites for hydroxylation is 4. The molecule has 0 heterocycles. The maximum atomic E-state index is 13.8. The van der Waals surface area contributed by atoms with Crippen LogP contribution in [-0.2, 0) is 6.18 Å². The van der Waals surface area contributed by atoms with E-state index in [0.29, 0.717) is 17.4 Å². The quantitative estimate of drug-likeness (QED) is 0.321. The molecule has 0 nitrogen and oxygen atoms in total. The van der Waals surface area contributed by atoms with Crippen molar-refractivity contribution >= 4 is 18.5 Å². The van der Waals surface area contributed by atoms with Crippen molar-refractivity contribution in [3.63, 3.8) is 0 Å². The minimum Gasteiger partial charge on any atom is -0.166 e. The molecule has 0 aromatic heterocycles. The van der Waals surface area contributed by atoms with Crippen molar-refractivity contribution in [1.82, 2.24) is 0 Å². The Morgan fingerprint density at radius 3 is 2.00 bits per heavy atom. The third kappa shape index (κ3) is 5.25. The molecule has 4 atom stereocenters. The summed E-state index contributed by atoms with van der Waals surface area (Å²) in [6.07, 6.45) is -0.893. The normalized spacial score (nSPS) is 20.4. The number of halogens is 3. The molecule has 3 aromatic carbocycles. The third-order valence-corrected chi connectivity index (χ3v) is 10.2. The topological polar surface area (TPSA) is 0 Å². The molecule has 1 fully saturated rings. The van der Waals surface area contributed by atoms with Gasteiger partial charge in [-0.05, 0) is 105 Å². The van der Waals surface area contributed by atoms with Gasteiger partial charge in [0, 0.05) is 0 Å². The van der Waals surface area contributed by atoms with Crippen LogP contribution in [0.2, 0.25) is 0 Å². The fraction of sp³-hybridized carbons (Fsp3) is 0.400. The molecule has 4 rings (SSSR count). The summed E-state index contributed by atoms with van der Waals surface area (Å²) >= 11 is 0. The van der Waals surface area contributed by atoms with E-state index in [4.69, 9.17) is 0 Å². The Hall–Kier alpha value is -2.12. The Labute approximate surface area is 203 Å². The Kier molecular flexibility index (Phi) is 7.25. The Balaban J connectivity index is 1.84. The maximum Gasteiger partial charge on any atom is 0.416 e. The van der Waals surface area contributed by atoms with E-state index in [-0.39, 0.29) is 5.66 Å². The first-order chi connectivity index (χ1) is 16.0. The molecule has 0 saturated heterocycles. The van der Waals surface area contributed by atoms with Crippen molar-refractivity contribution in [2.24, 2.45) is 5.92 Å². The first-order valence-corrected chi connectivity index (χ1v) is 13.6. The molecule has 0 aliphatic heterocycles. The number of alkyl halides is 3. The van der Waals surface area contributed by atoms with Crippen molar-refractivity contribution in [2.75, 3.05) is 0 Å². The van der Waals surface area contributed by atoms with Gasteiger partial charge in [0.15, 0.2) is 0 Å². The highest BCUT2D eigenvalue weighted by molar-refractivity contribution is 7.73. The molecular weight excluding hydrogens is 448 g/mol. The van der Waals surface area contributed by atoms with Crippen LogP contribution in [0.5, 0.6) is 0 Å². The highest BCUT2D eigenvalue weighted by atomic mass is 31.1. The molecule has 0 N–H and O–H groups in total. The molecule has 0 bridgehead atoms. The van der Waals surface area contributed by atoms with Crippen molar-refractivity contribution in [3.05, 3.63) is 94.0 Å². The molecule has 0 spiro atoms. The molecular formula is C30H34F3P. The summed E-state index contributed by atoms with van der Waals surface area (Å²) in [7, 11) is -0.962. The lowest BCUT2D eigenvalue weighted by molar-refractivity contribution is -0.137. The van der Waals surface area contributed by atoms with Gasteiger partial charge >= 0.3 is 6.18 Å². The van der Waals surface area contributed by atoms with E-state index in [9.17, 15) is 13.2 Å². The summed E-state index contributed by atoms with van der Waals surface area (Å²) in [5.74, 6) is 0.905. The maximum absolute atomic E-state index is 13.8. The predicted molar refractivity (Wildman–Crippen MR) is 139 cm³/mol. The van der Waals surface area contributed by atoms with Crippen LogP contribution < -0.4 is 10.6 Å². The second kappa shape index (κ2) is 9.86. The SMILES string of the molecule is Cc1cc(C)cc(P(c2cc(C)cc(C(F)(F)F)c2)C(C)C2CCCC2c2ccccc2C)c1. The summed E-state index contributed by atoms with van der Waals surface area (Å²) in [5, 5.41) is 2.03. The van der Waals surface area contributed by atoms with E-state index in [1.54, 1.807) is 6.92 Å². The van der Waals surface area contributed by atoms with Crippen molar-refractivity contribution in [3.8, 4) is 0 Å². The van der Waals surface area contributed by atoms with Gasteiger partial charge in [-0.25, -0.2) is 0 Å². The number of rotatable bonds is 5. The number of hydrogen-bond donors (Lipinski definition) is 0. The molecule has 1 aliphatic rings. The molecule has 4 unspecified atom stereocenters. The highest BCUT2D eigenvalue weighted by Gasteiger charge is 2.39. The second-order valence-corrected chi connectivity index (χ2v) is 12.7. The number of benzene rings is 3. The molecule has 0 amide bonds. The Bertz CT molecular complexity index is 1140. The van der Waals surface area contributed by atoms with E-state index in [1.165, 1.54) is 46.1 Å². The summed E-state index contributed by atoms with van der Waals surface area (Å²) < 4.78 is 41.3. The third-order valence-electron chi connectivity index (χ3n) is 7.34. The average Bonchev–Trinajstić information content (AvgIpc) is 3.22. The van der Waals surface area contributed by atoms with E-state index in [0.717, 1.165) is 18.1 Å². The minimum atomic E-state index is -4.34. The van der Waals surface area contributed by atoms with E-state index < -0.39 is 19.7 Å². The zero-order valence-corrected chi connectivity index (χ0v) is 21.6. The molecule has 4 heteroatoms. The first-order valence-electron chi connectivity index (χ1n) is 12.2. The Morgan fingerprint density at radius 1 is 0.794 bits per heavy atom. The van der Waals surface area contributed by atoms with Gasteiger partial charge in [0.2, 0.25) is 0 Å². The van der Waals surface area contributed by atoms with Crippen LogP contribution in [0, 0.1) is 33.6 Å². The van der Waals surface area contributed by atoms with Gasteiger partial charge in [0.25, 0.3) is 0 Å². The van der Waals surface area contributed by atoms with Crippen LogP contribution in [0.3, 0.4) is 0 Å². The molecule has 3 aromatic rings. The van der Waals surface area contributed by atoms with Crippen LogP contribution in [0.25, 0.3) is 0 Å². The van der Waals surface area contributed by atoms with Crippen LogP contribution in [0.15, 0.2) is 60.7 Å². The lowest BCUT2D eigenvalue weighted by Gasteiger charge is -2.35. The van der Waals surface area contributed by atoms with Gasteiger partial charge in [0.05, 0.1) is 5.56 Å². The van der Waals surface area contributed by atoms with Crippen molar-refractivity contribution < 1.29 is 13.2 Å². The summed E-state index contributed by atoms with van der Waals surface area (Å²) in [5.41, 5.74) is 5.47. The largest absolute Gasteiger partial charge is 0.416 e. The van der Waals surface area contributed by atoms with Crippen LogP contribution in [0.1, 0.15) is 65.5 Å². The van der Waals surface area contributed by atoms with E-state index >= 15 is 0 Å². The first kappa shape index (κ1) is 25.0. The average molecular weight is 483 g/mol. The Morgan fingerprint density at radius 2 is 1.38 bits per heavy atom. The summed E-state index contributed by atoms with van der Waals surface area (Å²) in [6.45, 7) is 10.4. The fourth-order valence-electron chi connectivity index (χ4n) is 5.92. The summed E-state index contributed by atoms with van der Waals surface area (Å²) in [4.78, 5) is 0. The predicted octanol–water partition coefficient (Wildman–Crippen LogP) is 8.34. The standard InChI is InChI=1S/C30H34F3P/c1-19-13-20(2)16-25(15-19)34(26-17-21(3)14-24(18-26)30(31,32)33)23(5)28-11-8-12-29(28)27-10-7-6-9-22(27)4/h6-7,9-10,13-18,23,28-29H,8,11-12H2,1-5H3. The second-order valence-electron chi connectivity index (χ2n) is 10.1. The fourth-order valence-corrected chi connectivity index (χ4v) is 9.21. The van der Waals surface area contributed by atoms with E-state index in [2.05, 4.69) is 70.2 Å². The van der Waals surface area contributed by atoms with Gasteiger partial charge in [-0.3, -0.25) is 0 Å². The lowest BCUT2D eigenvalue weighted by atomic mass is 9.85. The van der Waals surface area contributed by atoms with Crippen molar-refractivity contribution in [1.29, 1.82) is 0 Å². The molecule has 34 heavy (non-hydrogen) atoms. The van der Waals surface area contributed by atoms with Gasteiger partial charge < -0.3 is 0 Å². The van der Waals surface area contributed by atoms with Gasteiger partial charge in [-0.1, -0.05) is 73.0 Å². The highest BCUT2D eigenvalue weighted by Crippen LogP contribution is 2.53. The number of hydrogen-bond acceptors (Lipinski definition) is 0. The van der Waals surface area contributed by atoms with Crippen LogP contribution in [-0.4, -0.2) is 5.66 Å². The molecule has 1 aliphatic carbocycles. The van der Waals surface area contributed by atoms with E-state index in [1.807, 2.05) is 6.07 Å². The lowest BCUT2D eigenvalue weighted by Crippen LogP contribution is -2.29. The van der Waals surface area contributed by atoms with Crippen LogP contribution in [0.4, 0.5) is 13.2 Å². The van der Waals surface area contributed by atoms with Crippen LogP contribution >= 0.6 is 7.92 Å². The molecule has 1 saturated carbocycles. The summed E-state index contributed by atoms with van der Waals surface area (Å²) in [6, 6.07) is 19.9. The molecule has 0 radical (unpaired) electrons. The monoisotopic (exact) mass is 482 g/mol. The molecule has 180 valence electrons. The zero-order chi connectivity index (χ0) is 24.6. The van der Waals surface area contributed by atoms with Gasteiger partial charge in [-0.2, -0.15) is 13.2 Å². The van der Waals surface area contributed by atoms with Crippen molar-refractivity contribution in [2.45, 2.75) is 71.6 Å². The van der Waals surface area contributed by atoms with Gasteiger partial charge in [-0.15, -0.1) is 0 Å². The smallest absolute Gasteiger partial charge is 0.166 e.